The Bertz CT molecular complexity index is 1020. The highest BCUT2D eigenvalue weighted by Crippen LogP contribution is 2.43. The molecule has 0 spiro atoms. The number of rotatable bonds is 5. The molecule has 1 aromatic carbocycles. The minimum absolute atomic E-state index is 0.576. The van der Waals surface area contributed by atoms with E-state index >= 15 is 0 Å². The van der Waals surface area contributed by atoms with Crippen molar-refractivity contribution in [2.75, 3.05) is 13.2 Å². The van der Waals surface area contributed by atoms with Crippen LogP contribution in [0.25, 0.3) is 5.57 Å². The zero-order chi connectivity index (χ0) is 20.1. The lowest BCUT2D eigenvalue weighted by atomic mass is 9.78. The standard InChI is InChI=1S/C23H29BN2O2/c1-7-27-24(28-8-2)25-18(5)14-16(3)22(25)21(20-12-10-9-11-13-20)23-17(4)15-19(6)26(23)24/h9-15H,7-8H2,1-6H3. The van der Waals surface area contributed by atoms with Crippen molar-refractivity contribution in [3.05, 3.63) is 76.3 Å². The molecule has 1 aromatic heterocycles. The molecule has 0 bridgehead atoms. The van der Waals surface area contributed by atoms with Crippen molar-refractivity contribution < 1.29 is 13.8 Å². The second-order valence-corrected chi connectivity index (χ2v) is 7.66. The first-order chi connectivity index (χ1) is 13.5. The summed E-state index contributed by atoms with van der Waals surface area (Å²) in [4.78, 5) is 0. The van der Waals surface area contributed by atoms with Crippen molar-refractivity contribution in [3.8, 4) is 0 Å². The summed E-state index contributed by atoms with van der Waals surface area (Å²) >= 11 is 0. The van der Waals surface area contributed by atoms with Gasteiger partial charge >= 0.3 is 6.82 Å². The maximum atomic E-state index is 6.49. The smallest absolute Gasteiger partial charge is 0.484 e. The molecule has 2 aliphatic heterocycles. The van der Waals surface area contributed by atoms with Crippen LogP contribution in [0.5, 0.6) is 0 Å². The first kappa shape index (κ1) is 19.0. The zero-order valence-corrected chi connectivity index (χ0v) is 17.7. The highest BCUT2D eigenvalue weighted by molar-refractivity contribution is 6.59. The molecular weight excluding hydrogens is 347 g/mol. The van der Waals surface area contributed by atoms with Crippen LogP contribution in [0.2, 0.25) is 0 Å². The van der Waals surface area contributed by atoms with Gasteiger partial charge in [-0.3, -0.25) is 0 Å². The van der Waals surface area contributed by atoms with Crippen molar-refractivity contribution in [1.82, 2.24) is 4.48 Å². The first-order valence-electron chi connectivity index (χ1n) is 10.2. The van der Waals surface area contributed by atoms with E-state index in [1.54, 1.807) is 0 Å². The van der Waals surface area contributed by atoms with Gasteiger partial charge in [-0.05, 0) is 57.5 Å². The number of hydrogen-bond acceptors (Lipinski definition) is 2. The van der Waals surface area contributed by atoms with Gasteiger partial charge in [0, 0.05) is 37.5 Å². The first-order valence-corrected chi connectivity index (χ1v) is 10.2. The maximum absolute atomic E-state index is 6.49. The van der Waals surface area contributed by atoms with Gasteiger partial charge in [0.1, 0.15) is 5.71 Å². The van der Waals surface area contributed by atoms with Gasteiger partial charge in [-0.1, -0.05) is 30.3 Å². The van der Waals surface area contributed by atoms with Crippen LogP contribution in [-0.4, -0.2) is 34.7 Å². The highest BCUT2D eigenvalue weighted by atomic mass is 16.6. The predicted molar refractivity (Wildman–Crippen MR) is 115 cm³/mol. The summed E-state index contributed by atoms with van der Waals surface area (Å²) in [6.45, 7) is 12.0. The Balaban J connectivity index is 2.17. The van der Waals surface area contributed by atoms with Crippen LogP contribution in [0.15, 0.2) is 53.7 Å². The number of aryl methyl sites for hydroxylation is 2. The Morgan fingerprint density at radius 1 is 0.964 bits per heavy atom. The van der Waals surface area contributed by atoms with Crippen molar-refractivity contribution in [3.63, 3.8) is 0 Å². The summed E-state index contributed by atoms with van der Waals surface area (Å²) in [5.41, 5.74) is 9.63. The zero-order valence-electron chi connectivity index (χ0n) is 17.7. The van der Waals surface area contributed by atoms with Gasteiger partial charge in [0.15, 0.2) is 5.70 Å². The third kappa shape index (κ3) is 2.50. The monoisotopic (exact) mass is 376 g/mol. The average Bonchev–Trinajstić information content (AvgIpc) is 3.13. The Kier molecular flexibility index (Phi) is 4.68. The van der Waals surface area contributed by atoms with Crippen LogP contribution >= 0.6 is 0 Å². The van der Waals surface area contributed by atoms with Crippen molar-refractivity contribution >= 4 is 18.1 Å². The summed E-state index contributed by atoms with van der Waals surface area (Å²) < 4.78 is 17.6. The van der Waals surface area contributed by atoms with Gasteiger partial charge in [0.05, 0.1) is 5.57 Å². The fourth-order valence-electron chi connectivity index (χ4n) is 5.00. The summed E-state index contributed by atoms with van der Waals surface area (Å²) in [6, 6.07) is 12.9. The number of benzene rings is 1. The normalized spacial score (nSPS) is 17.7. The van der Waals surface area contributed by atoms with Gasteiger partial charge in [-0.2, -0.15) is 0 Å². The summed E-state index contributed by atoms with van der Waals surface area (Å²) in [5, 5.41) is 0. The molecule has 0 unspecified atom stereocenters. The number of hydrogen-bond donors (Lipinski definition) is 0. The van der Waals surface area contributed by atoms with Crippen LogP contribution in [-0.2, 0) is 9.31 Å². The van der Waals surface area contributed by atoms with E-state index in [9.17, 15) is 0 Å². The van der Waals surface area contributed by atoms with E-state index in [4.69, 9.17) is 9.31 Å². The number of fused-ring (bicyclic) bond motifs is 2. The van der Waals surface area contributed by atoms with Crippen molar-refractivity contribution in [2.24, 2.45) is 0 Å². The van der Waals surface area contributed by atoms with E-state index in [0.29, 0.717) is 13.2 Å². The molecule has 5 heteroatoms. The van der Waals surface area contributed by atoms with Crippen LogP contribution in [0.4, 0.5) is 0 Å². The van der Waals surface area contributed by atoms with Crippen molar-refractivity contribution in [2.45, 2.75) is 41.5 Å². The number of aromatic nitrogens is 1. The molecule has 0 fully saturated rings. The third-order valence-corrected chi connectivity index (χ3v) is 5.80. The second kappa shape index (κ2) is 6.91. The molecule has 0 atom stereocenters. The molecule has 146 valence electrons. The average molecular weight is 376 g/mol. The molecule has 4 rings (SSSR count). The molecule has 4 nitrogen and oxygen atoms in total. The molecule has 0 saturated carbocycles. The van der Waals surface area contributed by atoms with E-state index in [1.165, 1.54) is 33.7 Å². The Morgan fingerprint density at radius 2 is 1.61 bits per heavy atom. The lowest BCUT2D eigenvalue weighted by molar-refractivity contribution is -0.385. The van der Waals surface area contributed by atoms with Crippen LogP contribution in [0, 0.1) is 13.8 Å². The number of nitrogens with zero attached hydrogens (tertiary/aromatic N) is 2. The van der Waals surface area contributed by atoms with E-state index in [-0.39, 0.29) is 0 Å². The van der Waals surface area contributed by atoms with Crippen LogP contribution in [0.1, 0.15) is 50.2 Å². The van der Waals surface area contributed by atoms with E-state index < -0.39 is 6.82 Å². The van der Waals surface area contributed by atoms with Crippen molar-refractivity contribution in [1.29, 1.82) is 0 Å². The third-order valence-electron chi connectivity index (χ3n) is 5.80. The van der Waals surface area contributed by atoms with Crippen LogP contribution in [0.3, 0.4) is 0 Å². The molecular formula is C23H29BN2O2. The van der Waals surface area contributed by atoms with Gasteiger partial charge in [0.2, 0.25) is 0 Å². The predicted octanol–water partition coefficient (Wildman–Crippen LogP) is 4.67. The molecule has 0 radical (unpaired) electrons. The molecule has 2 aromatic rings. The minimum atomic E-state index is -1.88. The van der Waals surface area contributed by atoms with Gasteiger partial charge in [-0.25, -0.2) is 0 Å². The summed E-state index contributed by atoms with van der Waals surface area (Å²) in [7, 11) is 0. The SMILES string of the molecule is CCO[B-]1(OCC)n2c(C)cc(C)c2C(c2ccccc2)=C2C(C)=CC(C)=[N+]21. The van der Waals surface area contributed by atoms with E-state index in [1.807, 2.05) is 13.8 Å². The Morgan fingerprint density at radius 3 is 2.21 bits per heavy atom. The molecule has 0 aliphatic carbocycles. The quantitative estimate of drug-likeness (QED) is 0.709. The van der Waals surface area contributed by atoms with E-state index in [0.717, 1.165) is 11.4 Å². The number of allylic oxidation sites excluding steroid dienone is 2. The van der Waals surface area contributed by atoms with Crippen LogP contribution < -0.4 is 0 Å². The molecule has 0 saturated heterocycles. The molecule has 28 heavy (non-hydrogen) atoms. The lowest BCUT2D eigenvalue weighted by Crippen LogP contribution is -2.63. The largest absolute Gasteiger partial charge is 0.666 e. The highest BCUT2D eigenvalue weighted by Gasteiger charge is 2.56. The summed E-state index contributed by atoms with van der Waals surface area (Å²) in [5.74, 6) is 0. The Labute approximate surface area is 167 Å². The minimum Gasteiger partial charge on any atom is -0.484 e. The van der Waals surface area contributed by atoms with Gasteiger partial charge in [-0.15, -0.1) is 0 Å². The molecule has 0 amide bonds. The molecule has 3 heterocycles. The van der Waals surface area contributed by atoms with E-state index in [2.05, 4.69) is 79.1 Å². The Hall–Kier alpha value is -2.37. The lowest BCUT2D eigenvalue weighted by Gasteiger charge is -2.43. The second-order valence-electron chi connectivity index (χ2n) is 7.66. The molecule has 0 N–H and O–H groups in total. The fourth-order valence-corrected chi connectivity index (χ4v) is 5.00. The summed E-state index contributed by atoms with van der Waals surface area (Å²) in [6.07, 6.45) is 2.24. The fraction of sp³-hybridized carbons (Fsp3) is 0.348. The molecule has 2 aliphatic rings. The van der Waals surface area contributed by atoms with Gasteiger partial charge < -0.3 is 18.3 Å². The van der Waals surface area contributed by atoms with Gasteiger partial charge in [0.25, 0.3) is 0 Å². The topological polar surface area (TPSA) is 26.4 Å². The maximum Gasteiger partial charge on any atom is 0.666 e.